The molecule has 2 N–H and O–H groups in total. The lowest BCUT2D eigenvalue weighted by molar-refractivity contribution is -0.116. The second kappa shape index (κ2) is 9.52. The molecule has 2 heterocycles. The van der Waals surface area contributed by atoms with Gasteiger partial charge in [-0.05, 0) is 69.2 Å². The van der Waals surface area contributed by atoms with E-state index in [2.05, 4.69) is 20.4 Å². The molecule has 2 aromatic heterocycles. The molecule has 0 aliphatic carbocycles. The van der Waals surface area contributed by atoms with Crippen LogP contribution < -0.4 is 15.6 Å². The number of nitrogens with one attached hydrogen (secondary N) is 2. The molecule has 2 aromatic carbocycles. The SMILES string of the molecule is Cc1cc(=O)[nH]c(-n2nc(C)c(CCC(=O)Nc3ccc(Oc4ccccc4)cc3)c2C)n1. The lowest BCUT2D eigenvalue weighted by Gasteiger charge is -2.08. The van der Waals surface area contributed by atoms with Gasteiger partial charge in [-0.1, -0.05) is 18.2 Å². The Kier molecular flexibility index (Phi) is 6.35. The number of hydrogen-bond donors (Lipinski definition) is 2. The first-order chi connectivity index (χ1) is 15.9. The fraction of sp³-hybridized carbons (Fsp3) is 0.200. The van der Waals surface area contributed by atoms with E-state index in [-0.39, 0.29) is 11.5 Å². The number of H-pyrrole nitrogens is 1. The fourth-order valence-corrected chi connectivity index (χ4v) is 3.60. The maximum atomic E-state index is 12.5. The maximum Gasteiger partial charge on any atom is 0.252 e. The van der Waals surface area contributed by atoms with Gasteiger partial charge in [0.25, 0.3) is 5.56 Å². The summed E-state index contributed by atoms with van der Waals surface area (Å²) in [5.74, 6) is 1.72. The molecule has 0 unspecified atom stereocenters. The molecule has 0 spiro atoms. The van der Waals surface area contributed by atoms with E-state index in [1.54, 1.807) is 11.6 Å². The van der Waals surface area contributed by atoms with E-state index in [1.807, 2.05) is 68.4 Å². The van der Waals surface area contributed by atoms with Crippen molar-refractivity contribution in [3.63, 3.8) is 0 Å². The first-order valence-electron chi connectivity index (χ1n) is 10.7. The molecular weight excluding hydrogens is 418 g/mol. The van der Waals surface area contributed by atoms with Crippen LogP contribution in [0.3, 0.4) is 0 Å². The highest BCUT2D eigenvalue weighted by atomic mass is 16.5. The minimum Gasteiger partial charge on any atom is -0.457 e. The third kappa shape index (κ3) is 5.35. The number of aromatic amines is 1. The Balaban J connectivity index is 1.38. The first-order valence-corrected chi connectivity index (χ1v) is 10.7. The Morgan fingerprint density at radius 1 is 1.03 bits per heavy atom. The van der Waals surface area contributed by atoms with Crippen LogP contribution in [0.25, 0.3) is 5.95 Å². The number of nitrogens with zero attached hydrogens (tertiary/aromatic N) is 3. The maximum absolute atomic E-state index is 12.5. The summed E-state index contributed by atoms with van der Waals surface area (Å²) in [4.78, 5) is 31.4. The van der Waals surface area contributed by atoms with Crippen molar-refractivity contribution in [2.24, 2.45) is 0 Å². The summed E-state index contributed by atoms with van der Waals surface area (Å²) in [7, 11) is 0. The molecule has 8 nitrogen and oxygen atoms in total. The third-order valence-electron chi connectivity index (χ3n) is 5.22. The molecule has 0 bridgehead atoms. The highest BCUT2D eigenvalue weighted by molar-refractivity contribution is 5.90. The number of benzene rings is 2. The van der Waals surface area contributed by atoms with Crippen LogP contribution in [-0.2, 0) is 11.2 Å². The average molecular weight is 444 g/mol. The molecular formula is C25H25N5O3. The van der Waals surface area contributed by atoms with Crippen LogP contribution in [0.15, 0.2) is 65.5 Å². The fourth-order valence-electron chi connectivity index (χ4n) is 3.60. The highest BCUT2D eigenvalue weighted by Crippen LogP contribution is 2.23. The van der Waals surface area contributed by atoms with E-state index in [0.29, 0.717) is 35.9 Å². The molecule has 0 radical (unpaired) electrons. The van der Waals surface area contributed by atoms with Crippen LogP contribution in [0.5, 0.6) is 11.5 Å². The van der Waals surface area contributed by atoms with Crippen molar-refractivity contribution in [3.8, 4) is 17.4 Å². The molecule has 4 rings (SSSR count). The van der Waals surface area contributed by atoms with Gasteiger partial charge in [0, 0.05) is 29.6 Å². The van der Waals surface area contributed by atoms with Gasteiger partial charge in [0.05, 0.1) is 5.69 Å². The van der Waals surface area contributed by atoms with Gasteiger partial charge in [0.15, 0.2) is 0 Å². The molecule has 0 aliphatic heterocycles. The standard InChI is InChI=1S/C25H25N5O3/c1-16-15-24(32)28-25(26-16)30-18(3)22(17(2)29-30)13-14-23(31)27-19-9-11-21(12-10-19)33-20-7-5-4-6-8-20/h4-12,15H,13-14H2,1-3H3,(H,27,31)(H,26,28,32). The molecule has 0 saturated carbocycles. The summed E-state index contributed by atoms with van der Waals surface area (Å²) < 4.78 is 7.39. The van der Waals surface area contributed by atoms with Gasteiger partial charge in [-0.25, -0.2) is 9.67 Å². The Morgan fingerprint density at radius 3 is 2.42 bits per heavy atom. The number of hydrogen-bond acceptors (Lipinski definition) is 5. The quantitative estimate of drug-likeness (QED) is 0.445. The summed E-state index contributed by atoms with van der Waals surface area (Å²) in [6, 6.07) is 18.2. The number of carbonyl (C=O) groups is 1. The molecule has 1 amide bonds. The zero-order valence-electron chi connectivity index (χ0n) is 18.8. The molecule has 0 fully saturated rings. The Labute approximate surface area is 191 Å². The molecule has 168 valence electrons. The van der Waals surface area contributed by atoms with E-state index >= 15 is 0 Å². The van der Waals surface area contributed by atoms with Crippen LogP contribution in [0.2, 0.25) is 0 Å². The van der Waals surface area contributed by atoms with Gasteiger partial charge < -0.3 is 10.1 Å². The van der Waals surface area contributed by atoms with Crippen molar-refractivity contribution in [2.45, 2.75) is 33.6 Å². The van der Waals surface area contributed by atoms with Crippen LogP contribution >= 0.6 is 0 Å². The topological polar surface area (TPSA) is 102 Å². The Morgan fingerprint density at radius 2 is 1.73 bits per heavy atom. The molecule has 0 atom stereocenters. The molecule has 8 heteroatoms. The van der Waals surface area contributed by atoms with Crippen LogP contribution in [-0.4, -0.2) is 25.7 Å². The number of aromatic nitrogens is 4. The highest BCUT2D eigenvalue weighted by Gasteiger charge is 2.16. The third-order valence-corrected chi connectivity index (χ3v) is 5.22. The van der Waals surface area contributed by atoms with E-state index in [1.165, 1.54) is 6.07 Å². The summed E-state index contributed by atoms with van der Waals surface area (Å²) >= 11 is 0. The number of amides is 1. The van der Waals surface area contributed by atoms with Gasteiger partial charge in [0.2, 0.25) is 11.9 Å². The average Bonchev–Trinajstić information content (AvgIpc) is 3.07. The van der Waals surface area contributed by atoms with Crippen LogP contribution in [0.1, 0.15) is 29.1 Å². The summed E-state index contributed by atoms with van der Waals surface area (Å²) in [5, 5.41) is 7.42. The van der Waals surface area contributed by atoms with Crippen LogP contribution in [0, 0.1) is 20.8 Å². The lowest BCUT2D eigenvalue weighted by atomic mass is 10.1. The van der Waals surface area contributed by atoms with E-state index in [0.717, 1.165) is 22.7 Å². The number of ether oxygens (including phenoxy) is 1. The number of anilines is 1. The van der Waals surface area contributed by atoms with E-state index in [4.69, 9.17) is 4.74 Å². The van der Waals surface area contributed by atoms with Crippen molar-refractivity contribution in [3.05, 3.63) is 93.7 Å². The molecule has 4 aromatic rings. The molecule has 33 heavy (non-hydrogen) atoms. The van der Waals surface area contributed by atoms with Crippen molar-refractivity contribution < 1.29 is 9.53 Å². The summed E-state index contributed by atoms with van der Waals surface area (Å²) in [6.07, 6.45) is 0.822. The zero-order chi connectivity index (χ0) is 23.4. The Hall–Kier alpha value is -4.20. The van der Waals surface area contributed by atoms with E-state index in [9.17, 15) is 9.59 Å². The smallest absolute Gasteiger partial charge is 0.252 e. The number of rotatable bonds is 7. The monoisotopic (exact) mass is 443 g/mol. The van der Waals surface area contributed by atoms with Crippen molar-refractivity contribution in [1.82, 2.24) is 19.7 Å². The van der Waals surface area contributed by atoms with Crippen LogP contribution in [0.4, 0.5) is 5.69 Å². The van der Waals surface area contributed by atoms with Gasteiger partial charge in [-0.3, -0.25) is 14.6 Å². The molecule has 0 aliphatic rings. The predicted octanol–water partition coefficient (Wildman–Crippen LogP) is 4.24. The van der Waals surface area contributed by atoms with Gasteiger partial charge in [0.1, 0.15) is 11.5 Å². The predicted molar refractivity (Wildman–Crippen MR) is 126 cm³/mol. The zero-order valence-corrected chi connectivity index (χ0v) is 18.8. The largest absolute Gasteiger partial charge is 0.457 e. The first kappa shape index (κ1) is 22.0. The van der Waals surface area contributed by atoms with Gasteiger partial charge in [-0.15, -0.1) is 0 Å². The number of carbonyl (C=O) groups excluding carboxylic acids is 1. The normalized spacial score (nSPS) is 10.8. The second-order valence-electron chi connectivity index (χ2n) is 7.76. The number of para-hydroxylation sites is 1. The molecule has 0 saturated heterocycles. The van der Waals surface area contributed by atoms with Gasteiger partial charge in [-0.2, -0.15) is 5.10 Å². The number of aryl methyl sites for hydroxylation is 2. The summed E-state index contributed by atoms with van der Waals surface area (Å²) in [6.45, 7) is 5.55. The lowest BCUT2D eigenvalue weighted by Crippen LogP contribution is -2.15. The Bertz CT molecular complexity index is 1320. The van der Waals surface area contributed by atoms with Crippen molar-refractivity contribution in [1.29, 1.82) is 0 Å². The minimum absolute atomic E-state index is 0.0969. The second-order valence-corrected chi connectivity index (χ2v) is 7.76. The van der Waals surface area contributed by atoms with E-state index < -0.39 is 0 Å². The van der Waals surface area contributed by atoms with Crippen molar-refractivity contribution >= 4 is 11.6 Å². The van der Waals surface area contributed by atoms with Gasteiger partial charge >= 0.3 is 0 Å². The summed E-state index contributed by atoms with van der Waals surface area (Å²) in [5.41, 5.74) is 3.68. The minimum atomic E-state index is -0.230. The van der Waals surface area contributed by atoms with Crippen molar-refractivity contribution in [2.75, 3.05) is 5.32 Å².